The number of carbonyl (C=O) groups excluding carboxylic acids is 1. The van der Waals surface area contributed by atoms with E-state index in [-0.39, 0.29) is 17.3 Å². The van der Waals surface area contributed by atoms with Crippen molar-refractivity contribution < 1.29 is 13.2 Å². The summed E-state index contributed by atoms with van der Waals surface area (Å²) in [6.45, 7) is 1.32. The zero-order valence-corrected chi connectivity index (χ0v) is 13.5. The van der Waals surface area contributed by atoms with Crippen molar-refractivity contribution in [3.05, 3.63) is 29.3 Å². The highest BCUT2D eigenvalue weighted by atomic mass is 32.2. The lowest BCUT2D eigenvalue weighted by Crippen LogP contribution is -2.38. The van der Waals surface area contributed by atoms with E-state index in [1.807, 2.05) is 6.07 Å². The van der Waals surface area contributed by atoms with Gasteiger partial charge in [-0.05, 0) is 61.8 Å². The van der Waals surface area contributed by atoms with Crippen LogP contribution in [0.1, 0.15) is 36.8 Å². The molecule has 1 heterocycles. The van der Waals surface area contributed by atoms with Gasteiger partial charge in [0, 0.05) is 13.1 Å². The minimum atomic E-state index is -3.62. The summed E-state index contributed by atoms with van der Waals surface area (Å²) in [6, 6.07) is 5.31. The first kappa shape index (κ1) is 15.5. The molecule has 3 rings (SSSR count). The molecule has 1 fully saturated rings. The van der Waals surface area contributed by atoms with E-state index in [0.717, 1.165) is 50.8 Å². The summed E-state index contributed by atoms with van der Waals surface area (Å²) in [6.07, 6.45) is 6.24. The Morgan fingerprint density at radius 1 is 1.05 bits per heavy atom. The number of amides is 1. The predicted octanol–water partition coefficient (Wildman–Crippen LogP) is 1.47. The van der Waals surface area contributed by atoms with Gasteiger partial charge in [0.25, 0.3) is 0 Å². The Balaban J connectivity index is 1.68. The Morgan fingerprint density at radius 3 is 2.45 bits per heavy atom. The maximum atomic E-state index is 12.4. The van der Waals surface area contributed by atoms with Gasteiger partial charge in [0.2, 0.25) is 15.9 Å². The summed E-state index contributed by atoms with van der Waals surface area (Å²) < 4.78 is 27.2. The fraction of sp³-hybridized carbons (Fsp3) is 0.562. The van der Waals surface area contributed by atoms with E-state index in [2.05, 4.69) is 4.72 Å². The summed E-state index contributed by atoms with van der Waals surface area (Å²) in [5.74, 6) is -0.140. The van der Waals surface area contributed by atoms with Gasteiger partial charge in [-0.3, -0.25) is 4.79 Å². The van der Waals surface area contributed by atoms with E-state index in [9.17, 15) is 13.2 Å². The summed E-state index contributed by atoms with van der Waals surface area (Å²) in [5, 5.41) is 0. The fourth-order valence-electron chi connectivity index (χ4n) is 3.20. The van der Waals surface area contributed by atoms with Crippen LogP contribution in [0.3, 0.4) is 0 Å². The molecule has 1 N–H and O–H groups in total. The van der Waals surface area contributed by atoms with Crippen LogP contribution in [0.15, 0.2) is 23.1 Å². The van der Waals surface area contributed by atoms with E-state index in [4.69, 9.17) is 0 Å². The first-order valence-electron chi connectivity index (χ1n) is 7.95. The molecule has 0 spiro atoms. The molecule has 120 valence electrons. The van der Waals surface area contributed by atoms with E-state index < -0.39 is 10.0 Å². The molecule has 0 atom stereocenters. The topological polar surface area (TPSA) is 66.5 Å². The van der Waals surface area contributed by atoms with Gasteiger partial charge in [0.15, 0.2) is 0 Å². The third-order valence-corrected chi connectivity index (χ3v) is 5.90. The number of hydrogen-bond donors (Lipinski definition) is 1. The minimum Gasteiger partial charge on any atom is -0.342 e. The lowest BCUT2D eigenvalue weighted by Gasteiger charge is -2.18. The molecule has 1 aliphatic carbocycles. The van der Waals surface area contributed by atoms with Gasteiger partial charge in [0.05, 0.1) is 11.4 Å². The van der Waals surface area contributed by atoms with Crippen molar-refractivity contribution >= 4 is 15.9 Å². The lowest BCUT2D eigenvalue weighted by atomic mass is 9.92. The van der Waals surface area contributed by atoms with Crippen LogP contribution in [0.25, 0.3) is 0 Å². The van der Waals surface area contributed by atoms with Crippen LogP contribution in [0.2, 0.25) is 0 Å². The third-order valence-electron chi connectivity index (χ3n) is 4.50. The Morgan fingerprint density at radius 2 is 1.73 bits per heavy atom. The number of nitrogens with zero attached hydrogens (tertiary/aromatic N) is 1. The SMILES string of the molecule is O=C(CNS(=O)(=O)c1ccc2c(c1)CCCC2)N1CCCC1. The second-order valence-electron chi connectivity index (χ2n) is 6.05. The van der Waals surface area contributed by atoms with Crippen molar-refractivity contribution in [3.8, 4) is 0 Å². The number of benzene rings is 1. The molecule has 1 aromatic carbocycles. The van der Waals surface area contributed by atoms with Gasteiger partial charge < -0.3 is 4.90 Å². The van der Waals surface area contributed by atoms with Crippen LogP contribution in [0.5, 0.6) is 0 Å². The highest BCUT2D eigenvalue weighted by Gasteiger charge is 2.22. The van der Waals surface area contributed by atoms with E-state index in [0.29, 0.717) is 0 Å². The number of carbonyl (C=O) groups is 1. The smallest absolute Gasteiger partial charge is 0.241 e. The number of sulfonamides is 1. The molecule has 2 aliphatic rings. The summed E-state index contributed by atoms with van der Waals surface area (Å²) in [4.78, 5) is 13.9. The third kappa shape index (κ3) is 3.33. The van der Waals surface area contributed by atoms with Crippen LogP contribution in [0.4, 0.5) is 0 Å². The maximum Gasteiger partial charge on any atom is 0.241 e. The molecule has 1 saturated heterocycles. The first-order valence-corrected chi connectivity index (χ1v) is 9.44. The van der Waals surface area contributed by atoms with Crippen molar-refractivity contribution in [1.82, 2.24) is 9.62 Å². The van der Waals surface area contributed by atoms with Crippen LogP contribution in [-0.4, -0.2) is 38.9 Å². The lowest BCUT2D eigenvalue weighted by molar-refractivity contribution is -0.128. The molecule has 22 heavy (non-hydrogen) atoms. The van der Waals surface area contributed by atoms with Gasteiger partial charge in [-0.15, -0.1) is 0 Å². The quantitative estimate of drug-likeness (QED) is 0.913. The van der Waals surface area contributed by atoms with Crippen LogP contribution in [-0.2, 0) is 27.7 Å². The molecule has 0 aromatic heterocycles. The Hall–Kier alpha value is -1.40. The molecule has 0 bridgehead atoms. The highest BCUT2D eigenvalue weighted by molar-refractivity contribution is 7.89. The van der Waals surface area contributed by atoms with Crippen LogP contribution < -0.4 is 4.72 Å². The minimum absolute atomic E-state index is 0.140. The number of rotatable bonds is 4. The molecular formula is C16H22N2O3S. The number of nitrogens with one attached hydrogen (secondary N) is 1. The zero-order chi connectivity index (χ0) is 15.6. The van der Waals surface area contributed by atoms with Crippen molar-refractivity contribution in [1.29, 1.82) is 0 Å². The number of likely N-dealkylation sites (tertiary alicyclic amines) is 1. The highest BCUT2D eigenvalue weighted by Crippen LogP contribution is 2.24. The molecular weight excluding hydrogens is 300 g/mol. The van der Waals surface area contributed by atoms with Gasteiger partial charge in [0.1, 0.15) is 0 Å². The molecule has 0 unspecified atom stereocenters. The Labute approximate surface area is 131 Å². The summed E-state index contributed by atoms with van der Waals surface area (Å²) in [5.41, 5.74) is 2.37. The largest absolute Gasteiger partial charge is 0.342 e. The van der Waals surface area contributed by atoms with Gasteiger partial charge in [-0.25, -0.2) is 13.1 Å². The number of fused-ring (bicyclic) bond motifs is 1. The van der Waals surface area contributed by atoms with Crippen molar-refractivity contribution in [2.45, 2.75) is 43.4 Å². The van der Waals surface area contributed by atoms with E-state index in [1.54, 1.807) is 17.0 Å². The average Bonchev–Trinajstić information content (AvgIpc) is 3.07. The van der Waals surface area contributed by atoms with E-state index in [1.165, 1.54) is 12.0 Å². The molecule has 1 aromatic rings. The van der Waals surface area contributed by atoms with Crippen molar-refractivity contribution in [3.63, 3.8) is 0 Å². The number of aryl methyl sites for hydroxylation is 2. The molecule has 0 radical (unpaired) electrons. The molecule has 1 aliphatic heterocycles. The summed E-state index contributed by atoms with van der Waals surface area (Å²) in [7, 11) is -3.62. The molecule has 0 saturated carbocycles. The van der Waals surface area contributed by atoms with Gasteiger partial charge >= 0.3 is 0 Å². The molecule has 5 nitrogen and oxygen atoms in total. The second kappa shape index (κ2) is 6.38. The normalized spacial score (nSPS) is 18.3. The molecule has 6 heteroatoms. The number of hydrogen-bond acceptors (Lipinski definition) is 3. The average molecular weight is 322 g/mol. The predicted molar refractivity (Wildman–Crippen MR) is 84.1 cm³/mol. The van der Waals surface area contributed by atoms with Crippen LogP contribution >= 0.6 is 0 Å². The fourth-order valence-corrected chi connectivity index (χ4v) is 4.22. The van der Waals surface area contributed by atoms with Gasteiger partial charge in [-0.2, -0.15) is 0 Å². The van der Waals surface area contributed by atoms with Crippen molar-refractivity contribution in [2.75, 3.05) is 19.6 Å². The zero-order valence-electron chi connectivity index (χ0n) is 12.7. The monoisotopic (exact) mass is 322 g/mol. The van der Waals surface area contributed by atoms with Crippen molar-refractivity contribution in [2.24, 2.45) is 0 Å². The standard InChI is InChI=1S/C16H22N2O3S/c19-16(18-9-3-4-10-18)12-17-22(20,21)15-8-7-13-5-1-2-6-14(13)11-15/h7-8,11,17H,1-6,9-10,12H2. The maximum absolute atomic E-state index is 12.4. The van der Waals surface area contributed by atoms with E-state index >= 15 is 0 Å². The molecule has 1 amide bonds. The van der Waals surface area contributed by atoms with Gasteiger partial charge in [-0.1, -0.05) is 6.07 Å². The van der Waals surface area contributed by atoms with Crippen LogP contribution in [0, 0.1) is 0 Å². The second-order valence-corrected chi connectivity index (χ2v) is 7.82. The Kier molecular flexibility index (Phi) is 4.49. The summed E-state index contributed by atoms with van der Waals surface area (Å²) >= 11 is 0. The Bertz CT molecular complexity index is 664. The first-order chi connectivity index (χ1) is 10.6.